The lowest BCUT2D eigenvalue weighted by Gasteiger charge is -2.56. The van der Waals surface area contributed by atoms with Gasteiger partial charge >= 0.3 is 5.97 Å². The molecule has 0 aromatic heterocycles. The number of hydrogen-bond acceptors (Lipinski definition) is 2. The first-order chi connectivity index (χ1) is 8.67. The molecule has 0 radical (unpaired) electrons. The minimum atomic E-state index is -0.839. The van der Waals surface area contributed by atoms with Gasteiger partial charge in [0.15, 0.2) is 0 Å². The van der Waals surface area contributed by atoms with Crippen LogP contribution in [0.3, 0.4) is 0 Å². The van der Waals surface area contributed by atoms with E-state index in [1.807, 2.05) is 12.1 Å². The molecule has 2 aliphatic rings. The fraction of sp³-hybridized carbons (Fsp3) is 0.533. The third-order valence-electron chi connectivity index (χ3n) is 4.42. The number of aromatic carboxylic acids is 1. The lowest BCUT2D eigenvalue weighted by Crippen LogP contribution is -2.59. The average Bonchev–Trinajstić information content (AvgIpc) is 2.25. The molecule has 96 valence electrons. The zero-order valence-corrected chi connectivity index (χ0v) is 10.6. The Labute approximate surface area is 107 Å². The van der Waals surface area contributed by atoms with Crippen molar-refractivity contribution in [3.63, 3.8) is 0 Å². The number of likely N-dealkylation sites (tertiary alicyclic amines) is 1. The Balaban J connectivity index is 1.51. The lowest BCUT2D eigenvalue weighted by molar-refractivity contribution is -0.0586. The maximum atomic E-state index is 10.9. The smallest absolute Gasteiger partial charge is 0.335 e. The highest BCUT2D eigenvalue weighted by molar-refractivity contribution is 5.87. The van der Waals surface area contributed by atoms with Crippen LogP contribution in [0.5, 0.6) is 0 Å². The monoisotopic (exact) mass is 245 g/mol. The Bertz CT molecular complexity index is 457. The van der Waals surface area contributed by atoms with E-state index in [-0.39, 0.29) is 0 Å². The van der Waals surface area contributed by atoms with E-state index in [0.29, 0.717) is 11.0 Å². The van der Waals surface area contributed by atoms with Crippen molar-refractivity contribution in [2.75, 3.05) is 19.6 Å². The van der Waals surface area contributed by atoms with Crippen LogP contribution in [0, 0.1) is 5.41 Å². The van der Waals surface area contributed by atoms with Gasteiger partial charge in [0.2, 0.25) is 0 Å². The fourth-order valence-corrected chi connectivity index (χ4v) is 3.20. The maximum Gasteiger partial charge on any atom is 0.335 e. The number of rotatable bonds is 4. The van der Waals surface area contributed by atoms with Gasteiger partial charge in [-0.3, -0.25) is 0 Å². The predicted molar refractivity (Wildman–Crippen MR) is 69.8 cm³/mol. The third-order valence-corrected chi connectivity index (χ3v) is 4.42. The van der Waals surface area contributed by atoms with Crippen LogP contribution in [0.15, 0.2) is 24.3 Å². The molecule has 3 rings (SSSR count). The highest BCUT2D eigenvalue weighted by Gasteiger charge is 2.46. The van der Waals surface area contributed by atoms with Crippen LogP contribution in [0.2, 0.25) is 0 Å². The minimum Gasteiger partial charge on any atom is -0.478 e. The van der Waals surface area contributed by atoms with Crippen LogP contribution >= 0.6 is 0 Å². The van der Waals surface area contributed by atoms with Crippen molar-refractivity contribution < 1.29 is 9.90 Å². The van der Waals surface area contributed by atoms with Gasteiger partial charge in [-0.25, -0.2) is 4.79 Å². The summed E-state index contributed by atoms with van der Waals surface area (Å²) in [5, 5.41) is 8.94. The zero-order chi connectivity index (χ0) is 12.6. The first kappa shape index (κ1) is 11.7. The van der Waals surface area contributed by atoms with Crippen LogP contribution in [0.25, 0.3) is 0 Å². The summed E-state index contributed by atoms with van der Waals surface area (Å²) < 4.78 is 0. The van der Waals surface area contributed by atoms with Gasteiger partial charge in [0.05, 0.1) is 5.56 Å². The Morgan fingerprint density at radius 1 is 1.33 bits per heavy atom. The number of hydrogen-bond donors (Lipinski definition) is 1. The summed E-state index contributed by atoms with van der Waals surface area (Å²) in [6.07, 6.45) is 5.20. The molecule has 3 heteroatoms. The topological polar surface area (TPSA) is 40.5 Å². The standard InChI is InChI=1S/C15H19NO2/c17-14(18)13-4-1-3-12(9-13)5-8-16-10-15(11-16)6-2-7-15/h1,3-4,9H,2,5-8,10-11H2,(H,17,18). The van der Waals surface area contributed by atoms with Gasteiger partial charge in [0.25, 0.3) is 0 Å². The molecule has 0 bridgehead atoms. The van der Waals surface area contributed by atoms with E-state index >= 15 is 0 Å². The predicted octanol–water partition coefficient (Wildman–Crippen LogP) is 2.41. The summed E-state index contributed by atoms with van der Waals surface area (Å²) in [6.45, 7) is 3.57. The minimum absolute atomic E-state index is 0.395. The van der Waals surface area contributed by atoms with Crippen LogP contribution in [-0.4, -0.2) is 35.6 Å². The van der Waals surface area contributed by atoms with Crippen LogP contribution in [-0.2, 0) is 6.42 Å². The molecule has 18 heavy (non-hydrogen) atoms. The Morgan fingerprint density at radius 2 is 2.11 bits per heavy atom. The molecule has 1 heterocycles. The number of carboxylic acid groups (broad SMARTS) is 1. The molecule has 1 aromatic rings. The average molecular weight is 245 g/mol. The first-order valence-electron chi connectivity index (χ1n) is 6.72. The van der Waals surface area contributed by atoms with Crippen molar-refractivity contribution in [2.24, 2.45) is 5.41 Å². The summed E-state index contributed by atoms with van der Waals surface area (Å²) in [5.74, 6) is -0.839. The molecule has 0 amide bonds. The van der Waals surface area contributed by atoms with E-state index in [2.05, 4.69) is 4.90 Å². The second kappa shape index (κ2) is 4.39. The molecule has 1 saturated heterocycles. The fourth-order valence-electron chi connectivity index (χ4n) is 3.20. The molecule has 1 aliphatic carbocycles. The Hall–Kier alpha value is -1.35. The van der Waals surface area contributed by atoms with Gasteiger partial charge in [0, 0.05) is 19.6 Å². The molecule has 2 fully saturated rings. The molecule has 1 N–H and O–H groups in total. The van der Waals surface area contributed by atoms with Gasteiger partial charge in [-0.05, 0) is 42.4 Å². The lowest BCUT2D eigenvalue weighted by atomic mass is 9.63. The number of carbonyl (C=O) groups is 1. The highest BCUT2D eigenvalue weighted by Crippen LogP contribution is 2.47. The van der Waals surface area contributed by atoms with E-state index in [1.165, 1.54) is 32.4 Å². The maximum absolute atomic E-state index is 10.9. The van der Waals surface area contributed by atoms with E-state index < -0.39 is 5.97 Å². The molecule has 0 unspecified atom stereocenters. The summed E-state index contributed by atoms with van der Waals surface area (Å²) in [7, 11) is 0. The molecular weight excluding hydrogens is 226 g/mol. The third kappa shape index (κ3) is 2.15. The summed E-state index contributed by atoms with van der Waals surface area (Å²) in [5.41, 5.74) is 2.21. The quantitative estimate of drug-likeness (QED) is 0.885. The van der Waals surface area contributed by atoms with Crippen LogP contribution < -0.4 is 0 Å². The van der Waals surface area contributed by atoms with Crippen molar-refractivity contribution in [3.8, 4) is 0 Å². The summed E-state index contributed by atoms with van der Waals surface area (Å²) >= 11 is 0. The molecule has 1 spiro atoms. The Morgan fingerprint density at radius 3 is 2.72 bits per heavy atom. The highest BCUT2D eigenvalue weighted by atomic mass is 16.4. The number of benzene rings is 1. The van der Waals surface area contributed by atoms with Gasteiger partial charge < -0.3 is 10.0 Å². The van der Waals surface area contributed by atoms with Crippen molar-refractivity contribution in [2.45, 2.75) is 25.7 Å². The molecule has 3 nitrogen and oxygen atoms in total. The molecule has 1 saturated carbocycles. The number of carboxylic acids is 1. The van der Waals surface area contributed by atoms with Crippen LogP contribution in [0.1, 0.15) is 35.2 Å². The van der Waals surface area contributed by atoms with Crippen molar-refractivity contribution in [1.29, 1.82) is 0 Å². The van der Waals surface area contributed by atoms with Crippen molar-refractivity contribution in [3.05, 3.63) is 35.4 Å². The molecule has 0 atom stereocenters. The SMILES string of the molecule is O=C(O)c1cccc(CCN2CC3(CCC3)C2)c1. The molecular formula is C15H19NO2. The van der Waals surface area contributed by atoms with E-state index in [4.69, 9.17) is 5.11 Å². The normalized spacial score (nSPS) is 21.3. The first-order valence-corrected chi connectivity index (χ1v) is 6.72. The summed E-state index contributed by atoms with van der Waals surface area (Å²) in [4.78, 5) is 13.4. The number of nitrogens with zero attached hydrogens (tertiary/aromatic N) is 1. The van der Waals surface area contributed by atoms with E-state index in [1.54, 1.807) is 12.1 Å². The zero-order valence-electron chi connectivity index (χ0n) is 10.6. The van der Waals surface area contributed by atoms with Crippen molar-refractivity contribution in [1.82, 2.24) is 4.90 Å². The van der Waals surface area contributed by atoms with Gasteiger partial charge in [-0.2, -0.15) is 0 Å². The van der Waals surface area contributed by atoms with Gasteiger partial charge in [-0.15, -0.1) is 0 Å². The molecule has 1 aliphatic heterocycles. The van der Waals surface area contributed by atoms with Gasteiger partial charge in [-0.1, -0.05) is 18.6 Å². The second-order valence-electron chi connectivity index (χ2n) is 5.82. The molecule has 1 aromatic carbocycles. The summed E-state index contributed by atoms with van der Waals surface area (Å²) in [6, 6.07) is 7.30. The largest absolute Gasteiger partial charge is 0.478 e. The van der Waals surface area contributed by atoms with Crippen molar-refractivity contribution >= 4 is 5.97 Å². The van der Waals surface area contributed by atoms with E-state index in [0.717, 1.165) is 18.5 Å². The Kier molecular flexibility index (Phi) is 2.86. The van der Waals surface area contributed by atoms with E-state index in [9.17, 15) is 4.79 Å². The van der Waals surface area contributed by atoms with Crippen LogP contribution in [0.4, 0.5) is 0 Å². The second-order valence-corrected chi connectivity index (χ2v) is 5.82. The van der Waals surface area contributed by atoms with Gasteiger partial charge in [0.1, 0.15) is 0 Å².